The van der Waals surface area contributed by atoms with Crippen LogP contribution in [0, 0.1) is 16.7 Å². The van der Waals surface area contributed by atoms with Crippen molar-refractivity contribution in [3.8, 4) is 0 Å². The van der Waals surface area contributed by atoms with E-state index in [2.05, 4.69) is 13.8 Å². The minimum absolute atomic E-state index is 0.137. The molecule has 0 amide bonds. The number of carbonyl (C=O) groups excluding carboxylic acids is 1. The first kappa shape index (κ1) is 10.2. The summed E-state index contributed by atoms with van der Waals surface area (Å²) in [6.45, 7) is 6.51. The molecule has 2 saturated carbocycles. The monoisotopic (exact) mass is 194 g/mol. The molecular weight excluding hydrogens is 172 g/mol. The van der Waals surface area contributed by atoms with Crippen molar-refractivity contribution < 1.29 is 4.79 Å². The summed E-state index contributed by atoms with van der Waals surface area (Å²) in [6, 6.07) is 0. The van der Waals surface area contributed by atoms with Gasteiger partial charge in [-0.25, -0.2) is 0 Å². The van der Waals surface area contributed by atoms with Gasteiger partial charge in [0.2, 0.25) is 0 Å². The first-order valence-electron chi connectivity index (χ1n) is 5.97. The first-order valence-corrected chi connectivity index (χ1v) is 5.97. The van der Waals surface area contributed by atoms with Crippen LogP contribution >= 0.6 is 0 Å². The van der Waals surface area contributed by atoms with Gasteiger partial charge >= 0.3 is 0 Å². The van der Waals surface area contributed by atoms with Gasteiger partial charge in [-0.05, 0) is 50.4 Å². The molecule has 1 heteroatoms. The summed E-state index contributed by atoms with van der Waals surface area (Å²) in [4.78, 5) is 11.6. The Morgan fingerprint density at radius 3 is 2.29 bits per heavy atom. The molecule has 0 aliphatic heterocycles. The Labute approximate surface area is 87.3 Å². The zero-order valence-corrected chi connectivity index (χ0v) is 9.73. The summed E-state index contributed by atoms with van der Waals surface area (Å²) >= 11 is 0. The van der Waals surface area contributed by atoms with Gasteiger partial charge in [0, 0.05) is 5.41 Å². The third kappa shape index (κ3) is 1.62. The number of hydrogen-bond acceptors (Lipinski definition) is 1. The highest BCUT2D eigenvalue weighted by Gasteiger charge is 2.54. The van der Waals surface area contributed by atoms with E-state index in [-0.39, 0.29) is 5.41 Å². The van der Waals surface area contributed by atoms with Gasteiger partial charge in [0.1, 0.15) is 5.78 Å². The maximum absolute atomic E-state index is 11.6. The standard InChI is InChI=1S/C13H22O/c1-10(14)13(7-8-13)11-5-4-6-12(2,3)9-11/h11H,4-9H2,1-3H3. The molecule has 1 nitrogen and oxygen atoms in total. The summed E-state index contributed by atoms with van der Waals surface area (Å²) in [5, 5.41) is 0. The topological polar surface area (TPSA) is 17.1 Å². The Hall–Kier alpha value is -0.330. The average Bonchev–Trinajstić information content (AvgIpc) is 2.81. The number of carbonyl (C=O) groups is 1. The third-order valence-electron chi connectivity index (χ3n) is 4.48. The lowest BCUT2D eigenvalue weighted by atomic mass is 9.66. The number of rotatable bonds is 2. The molecule has 1 unspecified atom stereocenters. The van der Waals surface area contributed by atoms with Gasteiger partial charge in [-0.3, -0.25) is 4.79 Å². The summed E-state index contributed by atoms with van der Waals surface area (Å²) in [5.41, 5.74) is 0.617. The van der Waals surface area contributed by atoms with Gasteiger partial charge in [0.25, 0.3) is 0 Å². The fourth-order valence-corrected chi connectivity index (χ4v) is 3.35. The Morgan fingerprint density at radius 2 is 1.86 bits per heavy atom. The van der Waals surface area contributed by atoms with E-state index in [1.165, 1.54) is 38.5 Å². The van der Waals surface area contributed by atoms with E-state index in [9.17, 15) is 4.79 Å². The SMILES string of the molecule is CC(=O)C1(C2CCCC(C)(C)C2)CC1. The lowest BCUT2D eigenvalue weighted by molar-refractivity contribution is -0.125. The molecule has 2 fully saturated rings. The molecule has 80 valence electrons. The molecular formula is C13H22O. The molecule has 0 aromatic carbocycles. The van der Waals surface area contributed by atoms with Crippen molar-refractivity contribution in [2.45, 2.75) is 59.3 Å². The molecule has 1 atom stereocenters. The van der Waals surface area contributed by atoms with Crippen LogP contribution in [-0.4, -0.2) is 5.78 Å². The van der Waals surface area contributed by atoms with E-state index < -0.39 is 0 Å². The van der Waals surface area contributed by atoms with Crippen LogP contribution in [0.1, 0.15) is 59.3 Å². The highest BCUT2D eigenvalue weighted by Crippen LogP contribution is 2.59. The molecule has 2 aliphatic rings. The molecule has 0 bridgehead atoms. The van der Waals surface area contributed by atoms with Crippen LogP contribution in [0.3, 0.4) is 0 Å². The summed E-state index contributed by atoms with van der Waals surface area (Å²) in [6.07, 6.45) is 7.58. The lowest BCUT2D eigenvalue weighted by Gasteiger charge is -2.38. The van der Waals surface area contributed by atoms with Gasteiger partial charge in [-0.2, -0.15) is 0 Å². The van der Waals surface area contributed by atoms with Crippen molar-refractivity contribution in [3.05, 3.63) is 0 Å². The summed E-state index contributed by atoms with van der Waals surface area (Å²) < 4.78 is 0. The van der Waals surface area contributed by atoms with Gasteiger partial charge in [-0.15, -0.1) is 0 Å². The average molecular weight is 194 g/mol. The number of ketones is 1. The van der Waals surface area contributed by atoms with E-state index in [1.54, 1.807) is 6.92 Å². The van der Waals surface area contributed by atoms with Gasteiger partial charge < -0.3 is 0 Å². The van der Waals surface area contributed by atoms with Gasteiger partial charge in [0.15, 0.2) is 0 Å². The Balaban J connectivity index is 2.08. The molecule has 2 rings (SSSR count). The molecule has 0 aromatic rings. The molecule has 0 N–H and O–H groups in total. The Bertz CT molecular complexity index is 248. The molecule has 0 aromatic heterocycles. The smallest absolute Gasteiger partial charge is 0.136 e. The second-order valence-electron chi connectivity index (χ2n) is 6.17. The van der Waals surface area contributed by atoms with Crippen molar-refractivity contribution in [2.75, 3.05) is 0 Å². The summed E-state index contributed by atoms with van der Waals surface area (Å²) in [7, 11) is 0. The van der Waals surface area contributed by atoms with E-state index in [1.807, 2.05) is 0 Å². The minimum Gasteiger partial charge on any atom is -0.299 e. The normalized spacial score (nSPS) is 33.8. The zero-order valence-electron chi connectivity index (χ0n) is 9.73. The molecule has 0 spiro atoms. The van der Waals surface area contributed by atoms with Crippen molar-refractivity contribution in [3.63, 3.8) is 0 Å². The highest BCUT2D eigenvalue weighted by atomic mass is 16.1. The van der Waals surface area contributed by atoms with E-state index >= 15 is 0 Å². The molecule has 2 aliphatic carbocycles. The van der Waals surface area contributed by atoms with Crippen molar-refractivity contribution in [1.82, 2.24) is 0 Å². The highest BCUT2D eigenvalue weighted by molar-refractivity contribution is 5.85. The van der Waals surface area contributed by atoms with Crippen LogP contribution < -0.4 is 0 Å². The van der Waals surface area contributed by atoms with Crippen LogP contribution in [0.15, 0.2) is 0 Å². The second kappa shape index (κ2) is 3.08. The van der Waals surface area contributed by atoms with Crippen LogP contribution in [0.25, 0.3) is 0 Å². The zero-order chi connectivity index (χ0) is 10.4. The van der Waals surface area contributed by atoms with Gasteiger partial charge in [-0.1, -0.05) is 20.3 Å². The molecule has 0 saturated heterocycles. The molecule has 14 heavy (non-hydrogen) atoms. The fourth-order valence-electron chi connectivity index (χ4n) is 3.35. The fraction of sp³-hybridized carbons (Fsp3) is 0.923. The van der Waals surface area contributed by atoms with Crippen molar-refractivity contribution in [2.24, 2.45) is 16.7 Å². The van der Waals surface area contributed by atoms with Gasteiger partial charge in [0.05, 0.1) is 0 Å². The largest absolute Gasteiger partial charge is 0.299 e. The lowest BCUT2D eigenvalue weighted by Crippen LogP contribution is -2.32. The van der Waals surface area contributed by atoms with Crippen LogP contribution in [-0.2, 0) is 4.79 Å². The van der Waals surface area contributed by atoms with E-state index in [4.69, 9.17) is 0 Å². The van der Waals surface area contributed by atoms with Crippen LogP contribution in [0.4, 0.5) is 0 Å². The molecule has 0 radical (unpaired) electrons. The Morgan fingerprint density at radius 1 is 1.21 bits per heavy atom. The predicted octanol–water partition coefficient (Wildman–Crippen LogP) is 3.57. The maximum Gasteiger partial charge on any atom is 0.136 e. The second-order valence-corrected chi connectivity index (χ2v) is 6.17. The van der Waals surface area contributed by atoms with Crippen LogP contribution in [0.5, 0.6) is 0 Å². The minimum atomic E-state index is 0.137. The quantitative estimate of drug-likeness (QED) is 0.656. The summed E-state index contributed by atoms with van der Waals surface area (Å²) in [5.74, 6) is 1.16. The third-order valence-corrected chi connectivity index (χ3v) is 4.48. The van der Waals surface area contributed by atoms with E-state index in [0.29, 0.717) is 17.1 Å². The predicted molar refractivity (Wildman–Crippen MR) is 58.1 cm³/mol. The van der Waals surface area contributed by atoms with Crippen LogP contribution in [0.2, 0.25) is 0 Å². The Kier molecular flexibility index (Phi) is 2.24. The molecule has 0 heterocycles. The van der Waals surface area contributed by atoms with Crippen molar-refractivity contribution >= 4 is 5.78 Å². The maximum atomic E-state index is 11.6. The van der Waals surface area contributed by atoms with Crippen molar-refractivity contribution in [1.29, 1.82) is 0 Å². The first-order chi connectivity index (χ1) is 6.46. The van der Waals surface area contributed by atoms with E-state index in [0.717, 1.165) is 0 Å². The number of hydrogen-bond donors (Lipinski definition) is 0. The number of Topliss-reactive ketones (excluding diaryl/α,β-unsaturated/α-hetero) is 1.